The Balaban J connectivity index is 2.64. The van der Waals surface area contributed by atoms with Crippen LogP contribution in [0.3, 0.4) is 0 Å². The molecule has 0 radical (unpaired) electrons. The van der Waals surface area contributed by atoms with E-state index in [2.05, 4.69) is 5.32 Å². The molecule has 1 N–H and O–H groups in total. The fourth-order valence-electron chi connectivity index (χ4n) is 1.55. The van der Waals surface area contributed by atoms with E-state index in [1.165, 1.54) is 18.2 Å². The zero-order valence-corrected chi connectivity index (χ0v) is 11.8. The van der Waals surface area contributed by atoms with E-state index in [4.69, 9.17) is 0 Å². The number of hydrogen-bond acceptors (Lipinski definition) is 3. The van der Waals surface area contributed by atoms with E-state index in [0.717, 1.165) is 12.5 Å². The maximum Gasteiger partial charge on any atom is 0.235 e. The van der Waals surface area contributed by atoms with Gasteiger partial charge in [0.15, 0.2) is 9.84 Å². The molecule has 0 saturated heterocycles. The van der Waals surface area contributed by atoms with Crippen LogP contribution in [0.2, 0.25) is 0 Å². The maximum absolute atomic E-state index is 12.9. The minimum Gasteiger partial charge on any atom is -0.353 e. The predicted octanol–water partition coefficient (Wildman–Crippen LogP) is 1.66. The van der Waals surface area contributed by atoms with Crippen LogP contribution in [-0.2, 0) is 20.4 Å². The maximum atomic E-state index is 12.9. The third kappa shape index (κ3) is 5.83. The van der Waals surface area contributed by atoms with E-state index < -0.39 is 27.3 Å². The van der Waals surface area contributed by atoms with Crippen molar-refractivity contribution in [1.82, 2.24) is 5.32 Å². The molecule has 19 heavy (non-hydrogen) atoms. The van der Waals surface area contributed by atoms with Crippen LogP contribution in [0.5, 0.6) is 0 Å². The Labute approximate surface area is 112 Å². The minimum atomic E-state index is -3.58. The zero-order valence-electron chi connectivity index (χ0n) is 11.0. The molecule has 1 rings (SSSR count). The quantitative estimate of drug-likeness (QED) is 0.865. The zero-order chi connectivity index (χ0) is 14.5. The molecule has 0 bridgehead atoms. The van der Waals surface area contributed by atoms with Crippen molar-refractivity contribution in [3.63, 3.8) is 0 Å². The van der Waals surface area contributed by atoms with Crippen molar-refractivity contribution >= 4 is 15.7 Å². The van der Waals surface area contributed by atoms with Gasteiger partial charge in [-0.3, -0.25) is 4.79 Å². The summed E-state index contributed by atoms with van der Waals surface area (Å²) in [4.78, 5) is 11.5. The number of carbonyl (C=O) groups excluding carboxylic acids is 1. The van der Waals surface area contributed by atoms with Crippen molar-refractivity contribution in [2.24, 2.45) is 0 Å². The van der Waals surface area contributed by atoms with Gasteiger partial charge in [0.1, 0.15) is 11.6 Å². The molecule has 0 aliphatic heterocycles. The molecule has 4 nitrogen and oxygen atoms in total. The molecular formula is C13H18FNO3S. The van der Waals surface area contributed by atoms with Crippen LogP contribution < -0.4 is 5.32 Å². The lowest BCUT2D eigenvalue weighted by Crippen LogP contribution is -2.36. The van der Waals surface area contributed by atoms with Crippen LogP contribution in [0.4, 0.5) is 4.39 Å². The Morgan fingerprint density at radius 3 is 2.68 bits per heavy atom. The Bertz CT molecular complexity index is 543. The molecule has 1 aromatic carbocycles. The first kappa shape index (κ1) is 15.6. The number of nitrogens with one attached hydrogen (secondary N) is 1. The number of benzene rings is 1. The van der Waals surface area contributed by atoms with Crippen molar-refractivity contribution < 1.29 is 17.6 Å². The summed E-state index contributed by atoms with van der Waals surface area (Å²) in [5, 5.41) is 2.59. The third-order valence-corrected chi connectivity index (χ3v) is 4.12. The summed E-state index contributed by atoms with van der Waals surface area (Å²) in [7, 11) is -3.58. The second kappa shape index (κ2) is 6.65. The summed E-state index contributed by atoms with van der Waals surface area (Å²) in [6.45, 7) is 3.70. The van der Waals surface area contributed by atoms with Gasteiger partial charge in [0.05, 0.1) is 5.75 Å². The number of sulfone groups is 1. The third-order valence-electron chi connectivity index (χ3n) is 2.65. The predicted molar refractivity (Wildman–Crippen MR) is 71.8 cm³/mol. The largest absolute Gasteiger partial charge is 0.353 e. The van der Waals surface area contributed by atoms with Crippen LogP contribution in [0.1, 0.15) is 25.8 Å². The standard InChI is InChI=1S/C13H18FNO3S/c1-3-10(2)15-13(16)9-19(17,18)8-11-5-4-6-12(14)7-11/h4-7,10H,3,8-9H2,1-2H3,(H,15,16)/t10-/m0/s1. The smallest absolute Gasteiger partial charge is 0.235 e. The van der Waals surface area contributed by atoms with Crippen molar-refractivity contribution in [2.45, 2.75) is 32.1 Å². The number of rotatable bonds is 6. The lowest BCUT2D eigenvalue weighted by Gasteiger charge is -2.11. The van der Waals surface area contributed by atoms with Gasteiger partial charge in [-0.25, -0.2) is 12.8 Å². The first-order valence-electron chi connectivity index (χ1n) is 6.06. The lowest BCUT2D eigenvalue weighted by molar-refractivity contribution is -0.119. The summed E-state index contributed by atoms with van der Waals surface area (Å²) < 4.78 is 36.6. The average molecular weight is 287 g/mol. The molecule has 0 aliphatic carbocycles. The van der Waals surface area contributed by atoms with Crippen LogP contribution in [0, 0.1) is 5.82 Å². The van der Waals surface area contributed by atoms with Crippen LogP contribution in [0.25, 0.3) is 0 Å². The first-order chi connectivity index (χ1) is 8.82. The van der Waals surface area contributed by atoms with E-state index in [1.54, 1.807) is 6.92 Å². The highest BCUT2D eigenvalue weighted by Gasteiger charge is 2.18. The molecule has 1 aromatic rings. The summed E-state index contributed by atoms with van der Waals surface area (Å²) in [5.41, 5.74) is 0.344. The number of halogens is 1. The van der Waals surface area contributed by atoms with Crippen molar-refractivity contribution in [2.75, 3.05) is 5.75 Å². The van der Waals surface area contributed by atoms with E-state index in [9.17, 15) is 17.6 Å². The van der Waals surface area contributed by atoms with Crippen LogP contribution in [-0.4, -0.2) is 26.1 Å². The number of hydrogen-bond donors (Lipinski definition) is 1. The first-order valence-corrected chi connectivity index (χ1v) is 7.89. The van der Waals surface area contributed by atoms with Crippen molar-refractivity contribution in [1.29, 1.82) is 0 Å². The molecule has 0 aliphatic rings. The molecular weight excluding hydrogens is 269 g/mol. The van der Waals surface area contributed by atoms with Gasteiger partial charge in [0.25, 0.3) is 0 Å². The van der Waals surface area contributed by atoms with Gasteiger partial charge in [-0.2, -0.15) is 0 Å². The van der Waals surface area contributed by atoms with Gasteiger partial charge in [-0.15, -0.1) is 0 Å². The van der Waals surface area contributed by atoms with Crippen LogP contribution >= 0.6 is 0 Å². The number of amides is 1. The monoisotopic (exact) mass is 287 g/mol. The van der Waals surface area contributed by atoms with Gasteiger partial charge < -0.3 is 5.32 Å². The van der Waals surface area contributed by atoms with E-state index in [-0.39, 0.29) is 11.8 Å². The summed E-state index contributed by atoms with van der Waals surface area (Å²) >= 11 is 0. The Kier molecular flexibility index (Phi) is 5.47. The molecule has 0 unspecified atom stereocenters. The van der Waals surface area contributed by atoms with E-state index in [0.29, 0.717) is 5.56 Å². The van der Waals surface area contributed by atoms with Crippen LogP contribution in [0.15, 0.2) is 24.3 Å². The second-order valence-electron chi connectivity index (χ2n) is 4.54. The Morgan fingerprint density at radius 2 is 2.11 bits per heavy atom. The van der Waals surface area contributed by atoms with E-state index >= 15 is 0 Å². The fourth-order valence-corrected chi connectivity index (χ4v) is 2.82. The molecule has 0 heterocycles. The second-order valence-corrected chi connectivity index (χ2v) is 6.60. The van der Waals surface area contributed by atoms with Gasteiger partial charge in [-0.1, -0.05) is 19.1 Å². The lowest BCUT2D eigenvalue weighted by atomic mass is 10.2. The average Bonchev–Trinajstić information content (AvgIpc) is 2.26. The van der Waals surface area contributed by atoms with Gasteiger partial charge in [-0.05, 0) is 31.0 Å². The minimum absolute atomic E-state index is 0.0585. The van der Waals surface area contributed by atoms with E-state index in [1.807, 2.05) is 6.92 Å². The topological polar surface area (TPSA) is 63.2 Å². The highest BCUT2D eigenvalue weighted by molar-refractivity contribution is 7.91. The molecule has 0 fully saturated rings. The highest BCUT2D eigenvalue weighted by atomic mass is 32.2. The molecule has 0 spiro atoms. The summed E-state index contributed by atoms with van der Waals surface area (Å²) in [6.07, 6.45) is 0.732. The molecule has 106 valence electrons. The molecule has 0 saturated carbocycles. The Morgan fingerprint density at radius 1 is 1.42 bits per heavy atom. The Hall–Kier alpha value is -1.43. The normalized spacial score (nSPS) is 13.0. The van der Waals surface area contributed by atoms with Crippen molar-refractivity contribution in [3.05, 3.63) is 35.6 Å². The van der Waals surface area contributed by atoms with Gasteiger partial charge in [0.2, 0.25) is 5.91 Å². The van der Waals surface area contributed by atoms with Crippen molar-refractivity contribution in [3.8, 4) is 0 Å². The SMILES string of the molecule is CC[C@H](C)NC(=O)CS(=O)(=O)Cc1cccc(F)c1. The molecule has 1 amide bonds. The van der Waals surface area contributed by atoms with Gasteiger partial charge in [0, 0.05) is 6.04 Å². The number of carbonyl (C=O) groups is 1. The van der Waals surface area contributed by atoms with Gasteiger partial charge >= 0.3 is 0 Å². The summed E-state index contributed by atoms with van der Waals surface area (Å²) in [5.74, 6) is -1.92. The highest BCUT2D eigenvalue weighted by Crippen LogP contribution is 2.08. The molecule has 6 heteroatoms. The molecule has 1 atom stereocenters. The summed E-state index contributed by atoms with van der Waals surface area (Å²) in [6, 6.07) is 5.31. The fraction of sp³-hybridized carbons (Fsp3) is 0.462. The molecule has 0 aromatic heterocycles.